The average molecular weight is 461 g/mol. The number of halogens is 3. The van der Waals surface area contributed by atoms with Gasteiger partial charge in [-0.1, -0.05) is 11.6 Å². The van der Waals surface area contributed by atoms with E-state index in [1.807, 2.05) is 6.92 Å². The summed E-state index contributed by atoms with van der Waals surface area (Å²) in [6, 6.07) is 7.60. The summed E-state index contributed by atoms with van der Waals surface area (Å²) in [5.41, 5.74) is 1.60. The number of fused-ring (bicyclic) bond motifs is 1. The van der Waals surface area contributed by atoms with Gasteiger partial charge in [0.15, 0.2) is 11.6 Å². The van der Waals surface area contributed by atoms with Gasteiger partial charge in [0.2, 0.25) is 0 Å². The Morgan fingerprint density at radius 1 is 1.25 bits per heavy atom. The highest BCUT2D eigenvalue weighted by molar-refractivity contribution is 6.31. The topological polar surface area (TPSA) is 67.4 Å². The number of ketones is 1. The Hall–Kier alpha value is -3.10. The minimum Gasteiger partial charge on any atom is -0.494 e. The molecule has 3 aromatic rings. The van der Waals surface area contributed by atoms with Crippen LogP contribution in [-0.4, -0.2) is 47.9 Å². The minimum absolute atomic E-state index is 0.0294. The lowest BCUT2D eigenvalue weighted by Crippen LogP contribution is -2.13. The van der Waals surface area contributed by atoms with Gasteiger partial charge in [0.25, 0.3) is 0 Å². The maximum Gasteiger partial charge on any atom is 0.195 e. The van der Waals surface area contributed by atoms with Crippen LogP contribution >= 0.6 is 11.6 Å². The number of ether oxygens (including phenoxy) is 1. The third kappa shape index (κ3) is 5.77. The van der Waals surface area contributed by atoms with Crippen molar-refractivity contribution in [3.05, 3.63) is 65.0 Å². The van der Waals surface area contributed by atoms with Crippen LogP contribution in [0.2, 0.25) is 5.02 Å². The zero-order valence-corrected chi connectivity index (χ0v) is 18.7. The maximum atomic E-state index is 14.3. The molecule has 0 spiro atoms. The van der Waals surface area contributed by atoms with Crippen LogP contribution in [0.3, 0.4) is 0 Å². The van der Waals surface area contributed by atoms with Gasteiger partial charge < -0.3 is 15.0 Å². The van der Waals surface area contributed by atoms with E-state index >= 15 is 0 Å². The Morgan fingerprint density at radius 3 is 2.72 bits per heavy atom. The van der Waals surface area contributed by atoms with Crippen LogP contribution in [0.4, 0.5) is 20.3 Å². The van der Waals surface area contributed by atoms with Gasteiger partial charge in [0, 0.05) is 35.7 Å². The molecular weight excluding hydrogens is 438 g/mol. The molecule has 0 aliphatic carbocycles. The number of benzene rings is 2. The summed E-state index contributed by atoms with van der Waals surface area (Å²) in [5.74, 6) is -1.11. The molecule has 1 heterocycles. The number of anilines is 2. The summed E-state index contributed by atoms with van der Waals surface area (Å²) in [6.07, 6.45) is 2.44. The van der Waals surface area contributed by atoms with Crippen LogP contribution in [0.15, 0.2) is 48.6 Å². The number of Topliss-reactive ketones (excluding diaryl/α,β-unsaturated/α-hetero) is 1. The summed E-state index contributed by atoms with van der Waals surface area (Å²) in [5, 5.41) is 3.65. The van der Waals surface area contributed by atoms with Gasteiger partial charge in [-0.3, -0.25) is 4.79 Å². The summed E-state index contributed by atoms with van der Waals surface area (Å²) in [4.78, 5) is 22.7. The van der Waals surface area contributed by atoms with E-state index in [9.17, 15) is 13.6 Å². The first-order chi connectivity index (χ1) is 15.3. The molecule has 0 atom stereocenters. The molecule has 0 unspecified atom stereocenters. The number of aromatic nitrogens is 2. The molecule has 32 heavy (non-hydrogen) atoms. The first kappa shape index (κ1) is 23.6. The molecule has 1 N–H and O–H groups in total. The van der Waals surface area contributed by atoms with Crippen molar-refractivity contribution in [2.45, 2.75) is 13.3 Å². The highest BCUT2D eigenvalue weighted by Crippen LogP contribution is 2.31. The molecule has 1 aromatic heterocycles. The molecule has 0 aliphatic rings. The fraction of sp³-hybridized carbons (Fsp3) is 0.261. The zero-order valence-electron chi connectivity index (χ0n) is 18.0. The Labute approximate surface area is 189 Å². The third-order valence-corrected chi connectivity index (χ3v) is 4.84. The van der Waals surface area contributed by atoms with E-state index in [4.69, 9.17) is 16.3 Å². The highest BCUT2D eigenvalue weighted by atomic mass is 35.5. The van der Waals surface area contributed by atoms with Crippen LogP contribution in [0.1, 0.15) is 12.5 Å². The predicted octanol–water partition coefficient (Wildman–Crippen LogP) is 5.09. The number of hydrogen-bond donors (Lipinski definition) is 1. The number of nitrogens with one attached hydrogen (secondary N) is 1. The van der Waals surface area contributed by atoms with Gasteiger partial charge >= 0.3 is 0 Å². The van der Waals surface area contributed by atoms with Gasteiger partial charge in [-0.25, -0.2) is 18.7 Å². The Balaban J connectivity index is 1.99. The molecule has 2 aromatic carbocycles. The fourth-order valence-corrected chi connectivity index (χ4v) is 3.18. The Morgan fingerprint density at radius 2 is 2.03 bits per heavy atom. The molecule has 0 bridgehead atoms. The normalized spacial score (nSPS) is 11.8. The van der Waals surface area contributed by atoms with Crippen LogP contribution in [0.5, 0.6) is 5.75 Å². The van der Waals surface area contributed by atoms with Gasteiger partial charge in [0.1, 0.15) is 23.7 Å². The molecule has 3 rings (SSSR count). The Bertz CT molecular complexity index is 1170. The van der Waals surface area contributed by atoms with Gasteiger partial charge in [-0.15, -0.1) is 0 Å². The molecule has 0 amide bonds. The maximum absolute atomic E-state index is 14.3. The predicted molar refractivity (Wildman–Crippen MR) is 122 cm³/mol. The SMILES string of the molecule is CCOc1cc2ncnc(Nc3ccc(F)c(Cl)c3)c2cc1CC(=O)C(F)=CCN(C)C. The number of carbonyl (C=O) groups excluding carboxylic acids is 1. The Kier molecular flexibility index (Phi) is 7.71. The van der Waals surface area contributed by atoms with Crippen molar-refractivity contribution in [2.75, 3.05) is 32.6 Å². The zero-order chi connectivity index (χ0) is 23.3. The summed E-state index contributed by atoms with van der Waals surface area (Å²) in [7, 11) is 3.57. The van der Waals surface area contributed by atoms with E-state index in [1.54, 1.807) is 31.1 Å². The van der Waals surface area contributed by atoms with E-state index in [-0.39, 0.29) is 11.4 Å². The quantitative estimate of drug-likeness (QED) is 0.448. The lowest BCUT2D eigenvalue weighted by atomic mass is 10.0. The van der Waals surface area contributed by atoms with E-state index in [1.165, 1.54) is 30.6 Å². The summed E-state index contributed by atoms with van der Waals surface area (Å²) in [6.45, 7) is 2.50. The number of carbonyl (C=O) groups is 1. The van der Waals surface area contributed by atoms with Gasteiger partial charge in [-0.2, -0.15) is 0 Å². The monoisotopic (exact) mass is 460 g/mol. The van der Waals surface area contributed by atoms with E-state index in [2.05, 4.69) is 15.3 Å². The molecule has 6 nitrogen and oxygen atoms in total. The van der Waals surface area contributed by atoms with Gasteiger partial charge in [0.05, 0.1) is 17.1 Å². The second-order valence-electron chi connectivity index (χ2n) is 7.30. The number of likely N-dealkylation sites (N-methyl/N-ethyl adjacent to an activating group) is 1. The van der Waals surface area contributed by atoms with Crippen molar-refractivity contribution in [1.82, 2.24) is 14.9 Å². The van der Waals surface area contributed by atoms with Crippen molar-refractivity contribution in [3.63, 3.8) is 0 Å². The minimum atomic E-state index is -0.801. The number of hydrogen-bond acceptors (Lipinski definition) is 6. The molecule has 0 saturated heterocycles. The number of rotatable bonds is 9. The van der Waals surface area contributed by atoms with E-state index in [0.717, 1.165) is 0 Å². The molecule has 0 fully saturated rings. The van der Waals surface area contributed by atoms with Crippen molar-refractivity contribution < 1.29 is 18.3 Å². The second-order valence-corrected chi connectivity index (χ2v) is 7.71. The standard InChI is InChI=1S/C23H23ClF2N4O2/c1-4-32-22-12-20-16(9-14(22)10-21(31)19(26)7-8-30(2)3)23(28-13-27-20)29-15-5-6-18(25)17(24)11-15/h5-7,9,11-13H,4,8,10H2,1-3H3,(H,27,28,29). The van der Waals surface area contributed by atoms with Crippen LogP contribution < -0.4 is 10.1 Å². The summed E-state index contributed by atoms with van der Waals surface area (Å²) >= 11 is 5.87. The smallest absolute Gasteiger partial charge is 0.195 e. The summed E-state index contributed by atoms with van der Waals surface area (Å²) < 4.78 is 33.4. The van der Waals surface area contributed by atoms with Crippen molar-refractivity contribution in [2.24, 2.45) is 0 Å². The lowest BCUT2D eigenvalue weighted by molar-refractivity contribution is -0.116. The lowest BCUT2D eigenvalue weighted by Gasteiger charge is -2.14. The molecular formula is C23H23ClF2N4O2. The number of nitrogens with zero attached hydrogens (tertiary/aromatic N) is 3. The van der Waals surface area contributed by atoms with Crippen molar-refractivity contribution in [3.8, 4) is 5.75 Å². The van der Waals surface area contributed by atoms with E-state index in [0.29, 0.717) is 46.9 Å². The average Bonchev–Trinajstić information content (AvgIpc) is 2.75. The van der Waals surface area contributed by atoms with Crippen molar-refractivity contribution >= 4 is 39.8 Å². The highest BCUT2D eigenvalue weighted by Gasteiger charge is 2.17. The van der Waals surface area contributed by atoms with Crippen LogP contribution in [0.25, 0.3) is 10.9 Å². The fourth-order valence-electron chi connectivity index (χ4n) is 3.00. The molecule has 0 saturated carbocycles. The molecule has 0 aliphatic heterocycles. The molecule has 0 radical (unpaired) electrons. The third-order valence-electron chi connectivity index (χ3n) is 4.55. The van der Waals surface area contributed by atoms with Crippen LogP contribution in [-0.2, 0) is 11.2 Å². The second kappa shape index (κ2) is 10.5. The van der Waals surface area contributed by atoms with Crippen molar-refractivity contribution in [1.29, 1.82) is 0 Å². The first-order valence-corrected chi connectivity index (χ1v) is 10.3. The molecule has 168 valence electrons. The largest absolute Gasteiger partial charge is 0.494 e. The van der Waals surface area contributed by atoms with E-state index < -0.39 is 17.4 Å². The van der Waals surface area contributed by atoms with Gasteiger partial charge in [-0.05, 0) is 51.4 Å². The first-order valence-electron chi connectivity index (χ1n) is 9.94. The molecule has 9 heteroatoms. The van der Waals surface area contributed by atoms with Crippen LogP contribution in [0, 0.1) is 5.82 Å². The number of allylic oxidation sites excluding steroid dienone is 1.